The van der Waals surface area contributed by atoms with Gasteiger partial charge in [-0.1, -0.05) is 48.5 Å². The molecule has 1 aliphatic carbocycles. The summed E-state index contributed by atoms with van der Waals surface area (Å²) in [4.78, 5) is 40.6. The Morgan fingerprint density at radius 1 is 0.833 bits per heavy atom. The Morgan fingerprint density at radius 3 is 2.20 bits per heavy atom. The van der Waals surface area contributed by atoms with Crippen LogP contribution >= 0.6 is 0 Å². The smallest absolute Gasteiger partial charge is 0.258 e. The molecule has 0 bridgehead atoms. The zero-order chi connectivity index (χ0) is 20.7. The first-order valence-electron chi connectivity index (χ1n) is 10.0. The van der Waals surface area contributed by atoms with E-state index in [-0.39, 0.29) is 23.5 Å². The van der Waals surface area contributed by atoms with Gasteiger partial charge in [0, 0.05) is 34.8 Å². The largest absolute Gasteiger partial charge is 0.342 e. The molecular weight excluding hydrogens is 376 g/mol. The summed E-state index contributed by atoms with van der Waals surface area (Å²) in [5, 5.41) is 2.90. The normalized spacial score (nSPS) is 19.3. The van der Waals surface area contributed by atoms with Crippen LogP contribution in [0.4, 0.5) is 5.69 Å². The van der Waals surface area contributed by atoms with Crippen LogP contribution in [0.2, 0.25) is 0 Å². The van der Waals surface area contributed by atoms with Crippen molar-refractivity contribution >= 4 is 23.3 Å². The predicted octanol–water partition coefficient (Wildman–Crippen LogP) is 3.82. The molecule has 5 rings (SSSR count). The molecule has 0 fully saturated rings. The summed E-state index contributed by atoms with van der Waals surface area (Å²) in [6.07, 6.45) is 0.486. The van der Waals surface area contributed by atoms with Crippen LogP contribution in [0.1, 0.15) is 49.0 Å². The molecule has 0 unspecified atom stereocenters. The summed E-state index contributed by atoms with van der Waals surface area (Å²) in [6, 6.07) is 22.9. The first-order valence-corrected chi connectivity index (χ1v) is 10.0. The monoisotopic (exact) mass is 396 g/mol. The van der Waals surface area contributed by atoms with Crippen molar-refractivity contribution in [3.63, 3.8) is 0 Å². The Hall–Kier alpha value is -3.73. The summed E-state index contributed by atoms with van der Waals surface area (Å²) in [5.41, 5.74) is 3.47. The molecule has 3 aromatic carbocycles. The number of Topliss-reactive ketones (excluding diaryl/α,β-unsaturated/α-hetero) is 1. The molecule has 0 radical (unpaired) electrons. The molecule has 0 spiro atoms. The molecule has 148 valence electrons. The van der Waals surface area contributed by atoms with E-state index >= 15 is 0 Å². The summed E-state index contributed by atoms with van der Waals surface area (Å²) in [6.45, 7) is 0.505. The molecule has 1 aliphatic heterocycles. The van der Waals surface area contributed by atoms with Crippen molar-refractivity contribution in [1.29, 1.82) is 0 Å². The Morgan fingerprint density at radius 2 is 1.50 bits per heavy atom. The van der Waals surface area contributed by atoms with Gasteiger partial charge in [0.15, 0.2) is 5.78 Å². The molecule has 0 saturated carbocycles. The number of nitrogens with zero attached hydrogens (tertiary/aromatic N) is 1. The van der Waals surface area contributed by atoms with Gasteiger partial charge in [0.05, 0.1) is 6.04 Å². The number of benzene rings is 3. The minimum Gasteiger partial charge on any atom is -0.342 e. The number of hydrogen-bond donors (Lipinski definition) is 1. The van der Waals surface area contributed by atoms with Gasteiger partial charge in [-0.3, -0.25) is 14.4 Å². The third-order valence-electron chi connectivity index (χ3n) is 5.89. The SMILES string of the molecule is O=C(N[C@H]1C[C@H]2CN(C(=O)c3ccccc3)c3cccc(c32)C1=O)c1ccccc1. The van der Waals surface area contributed by atoms with Gasteiger partial charge in [-0.15, -0.1) is 0 Å². The van der Waals surface area contributed by atoms with E-state index in [1.165, 1.54) is 0 Å². The van der Waals surface area contributed by atoms with Crippen molar-refractivity contribution in [1.82, 2.24) is 5.32 Å². The van der Waals surface area contributed by atoms with Crippen molar-refractivity contribution in [2.45, 2.75) is 18.4 Å². The van der Waals surface area contributed by atoms with E-state index < -0.39 is 6.04 Å². The molecule has 2 aliphatic rings. The quantitative estimate of drug-likeness (QED) is 0.732. The number of anilines is 1. The molecule has 0 saturated heterocycles. The van der Waals surface area contributed by atoms with Crippen molar-refractivity contribution in [3.05, 3.63) is 101 Å². The van der Waals surface area contributed by atoms with E-state index in [1.807, 2.05) is 30.3 Å². The van der Waals surface area contributed by atoms with Gasteiger partial charge in [-0.25, -0.2) is 0 Å². The van der Waals surface area contributed by atoms with Crippen LogP contribution < -0.4 is 10.2 Å². The van der Waals surface area contributed by atoms with E-state index in [9.17, 15) is 14.4 Å². The standard InChI is InChI=1S/C25H20N2O3/c28-23-19-12-7-13-21-22(19)18(15-27(21)25(30)17-10-5-2-6-11-17)14-20(23)26-24(29)16-8-3-1-4-9-16/h1-13,18,20H,14-15H2,(H,26,29)/t18-,20-/m0/s1. The number of amides is 2. The van der Waals surface area contributed by atoms with Crippen molar-refractivity contribution in [3.8, 4) is 0 Å². The average Bonchev–Trinajstić information content (AvgIpc) is 3.17. The van der Waals surface area contributed by atoms with Crippen molar-refractivity contribution < 1.29 is 14.4 Å². The van der Waals surface area contributed by atoms with Crippen LogP contribution in [-0.2, 0) is 0 Å². The number of hydrogen-bond acceptors (Lipinski definition) is 3. The minimum atomic E-state index is -0.600. The number of carbonyl (C=O) groups excluding carboxylic acids is 3. The van der Waals surface area contributed by atoms with Crippen molar-refractivity contribution in [2.24, 2.45) is 0 Å². The molecule has 5 heteroatoms. The van der Waals surface area contributed by atoms with E-state index in [0.717, 1.165) is 11.3 Å². The van der Waals surface area contributed by atoms with Crippen LogP contribution in [0.3, 0.4) is 0 Å². The number of rotatable bonds is 3. The van der Waals surface area contributed by atoms with Crippen LogP contribution in [0.25, 0.3) is 0 Å². The van der Waals surface area contributed by atoms with Crippen LogP contribution in [0.15, 0.2) is 78.9 Å². The topological polar surface area (TPSA) is 66.5 Å². The van der Waals surface area contributed by atoms with Gasteiger partial charge < -0.3 is 10.2 Å². The van der Waals surface area contributed by atoms with Crippen molar-refractivity contribution in [2.75, 3.05) is 11.4 Å². The maximum absolute atomic E-state index is 13.1. The van der Waals surface area contributed by atoms with Gasteiger partial charge in [-0.05, 0) is 42.3 Å². The number of nitrogens with one attached hydrogen (secondary N) is 1. The van der Waals surface area contributed by atoms with E-state index in [1.54, 1.807) is 53.4 Å². The fourth-order valence-electron chi connectivity index (χ4n) is 4.50. The average molecular weight is 396 g/mol. The van der Waals surface area contributed by atoms with Gasteiger partial charge >= 0.3 is 0 Å². The zero-order valence-corrected chi connectivity index (χ0v) is 16.2. The summed E-state index contributed by atoms with van der Waals surface area (Å²) >= 11 is 0. The lowest BCUT2D eigenvalue weighted by Gasteiger charge is -2.27. The van der Waals surface area contributed by atoms with E-state index in [4.69, 9.17) is 0 Å². The van der Waals surface area contributed by atoms with Crippen LogP contribution in [0, 0.1) is 0 Å². The zero-order valence-electron chi connectivity index (χ0n) is 16.2. The molecule has 2 amide bonds. The second kappa shape index (κ2) is 7.26. The summed E-state index contributed by atoms with van der Waals surface area (Å²) in [5.74, 6) is -0.413. The Balaban J connectivity index is 1.44. The maximum atomic E-state index is 13.1. The maximum Gasteiger partial charge on any atom is 0.258 e. The highest BCUT2D eigenvalue weighted by molar-refractivity contribution is 6.11. The lowest BCUT2D eigenvalue weighted by molar-refractivity contribution is 0.0840. The summed E-state index contributed by atoms with van der Waals surface area (Å²) < 4.78 is 0. The third kappa shape index (κ3) is 2.99. The molecule has 2 atom stereocenters. The third-order valence-corrected chi connectivity index (χ3v) is 5.89. The van der Waals surface area contributed by atoms with Gasteiger partial charge in [0.25, 0.3) is 11.8 Å². The fraction of sp³-hybridized carbons (Fsp3) is 0.160. The Kier molecular flexibility index (Phi) is 4.43. The second-order valence-corrected chi connectivity index (χ2v) is 7.71. The fourth-order valence-corrected chi connectivity index (χ4v) is 4.50. The first-order chi connectivity index (χ1) is 14.6. The van der Waals surface area contributed by atoms with Crippen LogP contribution in [-0.4, -0.2) is 30.2 Å². The highest BCUT2D eigenvalue weighted by Gasteiger charge is 2.42. The van der Waals surface area contributed by atoms with Gasteiger partial charge in [-0.2, -0.15) is 0 Å². The number of carbonyl (C=O) groups is 3. The lowest BCUT2D eigenvalue weighted by atomic mass is 9.80. The van der Waals surface area contributed by atoms with Gasteiger partial charge in [0.2, 0.25) is 0 Å². The Labute approximate surface area is 174 Å². The van der Waals surface area contributed by atoms with E-state index in [2.05, 4.69) is 5.32 Å². The Bertz CT molecular complexity index is 1140. The van der Waals surface area contributed by atoms with Crippen LogP contribution in [0.5, 0.6) is 0 Å². The highest BCUT2D eigenvalue weighted by Crippen LogP contribution is 2.45. The molecular formula is C25H20N2O3. The molecule has 0 aromatic heterocycles. The van der Waals surface area contributed by atoms with E-state index in [0.29, 0.717) is 29.7 Å². The highest BCUT2D eigenvalue weighted by atomic mass is 16.2. The summed E-state index contributed by atoms with van der Waals surface area (Å²) in [7, 11) is 0. The minimum absolute atomic E-state index is 0.0163. The molecule has 1 heterocycles. The molecule has 1 N–H and O–H groups in total. The lowest BCUT2D eigenvalue weighted by Crippen LogP contribution is -2.44. The number of ketones is 1. The second-order valence-electron chi connectivity index (χ2n) is 7.71. The molecule has 5 nitrogen and oxygen atoms in total. The molecule has 3 aromatic rings. The predicted molar refractivity (Wildman–Crippen MR) is 114 cm³/mol. The first kappa shape index (κ1) is 18.3. The van der Waals surface area contributed by atoms with Gasteiger partial charge in [0.1, 0.15) is 0 Å². The molecule has 30 heavy (non-hydrogen) atoms.